The molecule has 1 aromatic rings. The number of guanidine groups is 1. The van der Waals surface area contributed by atoms with E-state index >= 15 is 0 Å². The van der Waals surface area contributed by atoms with Gasteiger partial charge in [-0.25, -0.2) is 8.42 Å². The Hall–Kier alpha value is -0.830. The third-order valence-corrected chi connectivity index (χ3v) is 6.43. The molecular formula is C16H26IN3O2S. The number of benzene rings is 1. The van der Waals surface area contributed by atoms with Crippen LogP contribution in [0.5, 0.6) is 0 Å². The molecule has 0 amide bonds. The molecule has 0 heterocycles. The summed E-state index contributed by atoms with van der Waals surface area (Å²) < 4.78 is 22.4. The minimum atomic E-state index is -3.18. The van der Waals surface area contributed by atoms with Crippen LogP contribution in [0.3, 0.4) is 0 Å². The van der Waals surface area contributed by atoms with Gasteiger partial charge in [-0.05, 0) is 56.7 Å². The number of rotatable bonds is 4. The SMILES string of the molecule is CC(C)(CN=C(N)Nc1cccc2c1CCCC2)S(C)(=O)=O.I. The summed E-state index contributed by atoms with van der Waals surface area (Å²) in [5, 5.41) is 3.13. The number of aryl methyl sites for hydroxylation is 1. The van der Waals surface area contributed by atoms with Crippen molar-refractivity contribution < 1.29 is 8.42 Å². The lowest BCUT2D eigenvalue weighted by atomic mass is 9.90. The largest absolute Gasteiger partial charge is 0.370 e. The van der Waals surface area contributed by atoms with E-state index in [0.29, 0.717) is 0 Å². The lowest BCUT2D eigenvalue weighted by molar-refractivity contribution is 0.555. The van der Waals surface area contributed by atoms with Crippen molar-refractivity contribution in [2.24, 2.45) is 10.7 Å². The number of nitrogens with two attached hydrogens (primary N) is 1. The lowest BCUT2D eigenvalue weighted by Crippen LogP contribution is -2.36. The van der Waals surface area contributed by atoms with E-state index in [1.807, 2.05) is 12.1 Å². The fourth-order valence-corrected chi connectivity index (χ4v) is 2.77. The maximum atomic E-state index is 11.7. The van der Waals surface area contributed by atoms with Crippen molar-refractivity contribution >= 4 is 45.5 Å². The molecule has 7 heteroatoms. The molecule has 1 aromatic carbocycles. The van der Waals surface area contributed by atoms with Crippen LogP contribution in [0.2, 0.25) is 0 Å². The predicted octanol–water partition coefficient (Wildman–Crippen LogP) is 2.73. The second-order valence-corrected chi connectivity index (χ2v) is 9.16. The van der Waals surface area contributed by atoms with E-state index in [1.165, 1.54) is 30.2 Å². The fraction of sp³-hybridized carbons (Fsp3) is 0.562. The van der Waals surface area contributed by atoms with Crippen LogP contribution in [0.15, 0.2) is 23.2 Å². The monoisotopic (exact) mass is 451 g/mol. The second-order valence-electron chi connectivity index (χ2n) is 6.51. The third kappa shape index (κ3) is 5.07. The van der Waals surface area contributed by atoms with Gasteiger partial charge < -0.3 is 11.1 Å². The van der Waals surface area contributed by atoms with Gasteiger partial charge in [0.15, 0.2) is 15.8 Å². The Morgan fingerprint density at radius 2 is 1.96 bits per heavy atom. The van der Waals surface area contributed by atoms with Crippen LogP contribution >= 0.6 is 24.0 Å². The summed E-state index contributed by atoms with van der Waals surface area (Å²) >= 11 is 0. The van der Waals surface area contributed by atoms with Crippen molar-refractivity contribution in [3.05, 3.63) is 29.3 Å². The highest BCUT2D eigenvalue weighted by Gasteiger charge is 2.29. The van der Waals surface area contributed by atoms with E-state index in [9.17, 15) is 8.42 Å². The number of hydrogen-bond donors (Lipinski definition) is 2. The minimum Gasteiger partial charge on any atom is -0.370 e. The Labute approximate surface area is 156 Å². The van der Waals surface area contributed by atoms with E-state index in [-0.39, 0.29) is 36.5 Å². The molecule has 0 saturated carbocycles. The molecule has 130 valence electrons. The van der Waals surface area contributed by atoms with Crippen LogP contribution in [0.4, 0.5) is 5.69 Å². The van der Waals surface area contributed by atoms with Crippen molar-refractivity contribution in [1.82, 2.24) is 0 Å². The normalized spacial score (nSPS) is 15.5. The van der Waals surface area contributed by atoms with Gasteiger partial charge in [0.25, 0.3) is 0 Å². The highest BCUT2D eigenvalue weighted by molar-refractivity contribution is 14.0. The molecule has 23 heavy (non-hydrogen) atoms. The van der Waals surface area contributed by atoms with Crippen molar-refractivity contribution in [1.29, 1.82) is 0 Å². The van der Waals surface area contributed by atoms with Gasteiger partial charge in [-0.1, -0.05) is 12.1 Å². The average molecular weight is 451 g/mol. The zero-order valence-corrected chi connectivity index (χ0v) is 17.1. The molecule has 0 unspecified atom stereocenters. The molecule has 0 atom stereocenters. The Bertz CT molecular complexity index is 685. The van der Waals surface area contributed by atoms with Crippen molar-refractivity contribution in [3.63, 3.8) is 0 Å². The number of sulfone groups is 1. The summed E-state index contributed by atoms with van der Waals surface area (Å²) in [5.41, 5.74) is 9.58. The summed E-state index contributed by atoms with van der Waals surface area (Å²) in [7, 11) is -3.18. The quantitative estimate of drug-likeness (QED) is 0.419. The smallest absolute Gasteiger partial charge is 0.193 e. The number of anilines is 1. The molecule has 0 aromatic heterocycles. The van der Waals surface area contributed by atoms with Gasteiger partial charge in [-0.15, -0.1) is 24.0 Å². The molecule has 0 aliphatic heterocycles. The standard InChI is InChI=1S/C16H25N3O2S.HI/c1-16(2,22(3,20)21)11-18-15(17)19-14-10-6-8-12-7-4-5-9-13(12)14;/h6,8,10H,4-5,7,9,11H2,1-3H3,(H3,17,18,19);1H. The molecule has 3 N–H and O–H groups in total. The van der Waals surface area contributed by atoms with Gasteiger partial charge in [0.1, 0.15) is 0 Å². The maximum Gasteiger partial charge on any atom is 0.193 e. The summed E-state index contributed by atoms with van der Waals surface area (Å²) in [6.07, 6.45) is 5.77. The Morgan fingerprint density at radius 3 is 2.61 bits per heavy atom. The Balaban J connectivity index is 0.00000264. The number of nitrogens with zero attached hydrogens (tertiary/aromatic N) is 1. The zero-order valence-electron chi connectivity index (χ0n) is 13.9. The first-order valence-electron chi connectivity index (χ1n) is 7.58. The second kappa shape index (κ2) is 7.83. The van der Waals surface area contributed by atoms with Crippen LogP contribution in [0.1, 0.15) is 37.8 Å². The van der Waals surface area contributed by atoms with Crippen LogP contribution in [-0.4, -0.2) is 31.9 Å². The zero-order chi connectivity index (χ0) is 16.4. The van der Waals surface area contributed by atoms with Crippen LogP contribution in [-0.2, 0) is 22.7 Å². The first-order chi connectivity index (χ1) is 10.2. The molecule has 1 aliphatic rings. The van der Waals surface area contributed by atoms with Gasteiger partial charge in [0.05, 0.1) is 11.3 Å². The molecule has 0 spiro atoms. The number of fused-ring (bicyclic) bond motifs is 1. The van der Waals surface area contributed by atoms with Crippen LogP contribution in [0.25, 0.3) is 0 Å². The number of aliphatic imine (C=N–C) groups is 1. The molecule has 1 aliphatic carbocycles. The first kappa shape index (κ1) is 20.2. The number of hydrogen-bond acceptors (Lipinski definition) is 3. The van der Waals surface area contributed by atoms with E-state index < -0.39 is 14.6 Å². The number of nitrogens with one attached hydrogen (secondary N) is 1. The van der Waals surface area contributed by atoms with E-state index in [1.54, 1.807) is 13.8 Å². The summed E-state index contributed by atoms with van der Waals surface area (Å²) in [6.45, 7) is 3.45. The number of halogens is 1. The minimum absolute atomic E-state index is 0. The van der Waals surface area contributed by atoms with Crippen LogP contribution in [0, 0.1) is 0 Å². The van der Waals surface area contributed by atoms with Gasteiger partial charge in [-0.2, -0.15) is 0 Å². The van der Waals surface area contributed by atoms with Crippen molar-refractivity contribution in [3.8, 4) is 0 Å². The highest BCUT2D eigenvalue weighted by atomic mass is 127. The Morgan fingerprint density at radius 1 is 1.30 bits per heavy atom. The van der Waals surface area contributed by atoms with Crippen molar-refractivity contribution in [2.45, 2.75) is 44.3 Å². The molecule has 0 saturated heterocycles. The summed E-state index contributed by atoms with van der Waals surface area (Å²) in [4.78, 5) is 4.21. The van der Waals surface area contributed by atoms with E-state index in [2.05, 4.69) is 16.4 Å². The molecule has 0 radical (unpaired) electrons. The predicted molar refractivity (Wildman–Crippen MR) is 108 cm³/mol. The first-order valence-corrected chi connectivity index (χ1v) is 9.47. The highest BCUT2D eigenvalue weighted by Crippen LogP contribution is 2.27. The molecule has 5 nitrogen and oxygen atoms in total. The van der Waals surface area contributed by atoms with Crippen molar-refractivity contribution in [2.75, 3.05) is 18.1 Å². The summed E-state index contributed by atoms with van der Waals surface area (Å²) in [5.74, 6) is 0.260. The molecule has 0 fully saturated rings. The molecule has 0 bridgehead atoms. The van der Waals surface area contributed by atoms with Gasteiger partial charge in [0.2, 0.25) is 0 Å². The van der Waals surface area contributed by atoms with Gasteiger partial charge >= 0.3 is 0 Å². The Kier molecular flexibility index (Phi) is 6.88. The molecule has 2 rings (SSSR count). The van der Waals surface area contributed by atoms with Gasteiger partial charge in [0, 0.05) is 11.9 Å². The summed E-state index contributed by atoms with van der Waals surface area (Å²) in [6, 6.07) is 6.16. The van der Waals surface area contributed by atoms with E-state index in [0.717, 1.165) is 18.5 Å². The van der Waals surface area contributed by atoms with Crippen LogP contribution < -0.4 is 11.1 Å². The van der Waals surface area contributed by atoms with Gasteiger partial charge in [-0.3, -0.25) is 4.99 Å². The fourth-order valence-electron chi connectivity index (χ4n) is 2.47. The topological polar surface area (TPSA) is 84.5 Å². The van der Waals surface area contributed by atoms with E-state index in [4.69, 9.17) is 5.73 Å². The average Bonchev–Trinajstić information content (AvgIpc) is 2.44. The lowest BCUT2D eigenvalue weighted by Gasteiger charge is -2.21. The molecular weight excluding hydrogens is 425 g/mol. The third-order valence-electron chi connectivity index (χ3n) is 4.29. The maximum absolute atomic E-state index is 11.7.